The molecule has 1 aromatic rings. The Hall–Kier alpha value is -1.74. The Morgan fingerprint density at radius 1 is 1.04 bits per heavy atom. The number of hydrogen-bond acceptors (Lipinski definition) is 2. The first-order chi connectivity index (χ1) is 11.3. The second-order valence-corrected chi connectivity index (χ2v) is 6.81. The summed E-state index contributed by atoms with van der Waals surface area (Å²) in [4.78, 5) is 10.1. The molecular formula is C11H9F10N2O2P. The van der Waals surface area contributed by atoms with Gasteiger partial charge in [0.2, 0.25) is 6.33 Å². The highest BCUT2D eigenvalue weighted by Crippen LogP contribution is 2.72. The van der Waals surface area contributed by atoms with E-state index in [9.17, 15) is 53.4 Å². The van der Waals surface area contributed by atoms with Crippen molar-refractivity contribution in [3.05, 3.63) is 18.7 Å². The molecule has 0 amide bonds. The van der Waals surface area contributed by atoms with Crippen LogP contribution in [0.4, 0.5) is 43.9 Å². The van der Waals surface area contributed by atoms with Crippen LogP contribution in [-0.4, -0.2) is 28.2 Å². The highest BCUT2D eigenvalue weighted by Gasteiger charge is 2.78. The normalized spacial score (nSPS) is 13.7. The molecule has 0 aromatic carbocycles. The maximum atomic E-state index is 12.1. The Bertz CT molecular complexity index is 671. The van der Waals surface area contributed by atoms with E-state index in [0.717, 1.165) is 0 Å². The van der Waals surface area contributed by atoms with E-state index in [1.807, 2.05) is 34.9 Å². The zero-order chi connectivity index (χ0) is 21.2. The number of terminal acetylenes is 1. The summed E-state index contributed by atoms with van der Waals surface area (Å²) in [5.74, 6) is 2.55. The maximum absolute atomic E-state index is 12.1. The van der Waals surface area contributed by atoms with Gasteiger partial charge in [0, 0.05) is 0 Å². The summed E-state index contributed by atoms with van der Waals surface area (Å²) in [6.45, 7) is 0.654. The van der Waals surface area contributed by atoms with Gasteiger partial charge >= 0.3 is 23.7 Å². The van der Waals surface area contributed by atoms with Crippen LogP contribution in [-0.2, 0) is 18.2 Å². The summed E-state index contributed by atoms with van der Waals surface area (Å²) in [5.41, 5.74) is -14.4. The third-order valence-electron chi connectivity index (χ3n) is 2.52. The fraction of sp³-hybridized carbons (Fsp3) is 0.545. The molecule has 0 spiro atoms. The molecule has 15 heteroatoms. The number of imidazole rings is 1. The van der Waals surface area contributed by atoms with E-state index in [0.29, 0.717) is 6.54 Å². The van der Waals surface area contributed by atoms with Gasteiger partial charge in [0.25, 0.3) is 0 Å². The van der Waals surface area contributed by atoms with Crippen molar-refractivity contribution in [1.29, 1.82) is 0 Å². The van der Waals surface area contributed by atoms with Crippen LogP contribution in [0.15, 0.2) is 18.7 Å². The highest BCUT2D eigenvalue weighted by molar-refractivity contribution is 7.59. The van der Waals surface area contributed by atoms with E-state index in [-0.39, 0.29) is 0 Å². The number of rotatable bonds is 3. The fourth-order valence-corrected chi connectivity index (χ4v) is 2.23. The predicted molar refractivity (Wildman–Crippen MR) is 64.1 cm³/mol. The molecule has 0 aliphatic heterocycles. The summed E-state index contributed by atoms with van der Waals surface area (Å²) in [6.07, 6.45) is -3.23. The number of nitrogens with zero attached hydrogens (tertiary/aromatic N) is 2. The van der Waals surface area contributed by atoms with Gasteiger partial charge in [-0.25, -0.2) is 9.13 Å². The number of aryl methyl sites for hydroxylation is 1. The fourth-order valence-electron chi connectivity index (χ4n) is 1.21. The van der Waals surface area contributed by atoms with Gasteiger partial charge in [0.15, 0.2) is 13.9 Å². The molecule has 1 heterocycles. The average Bonchev–Trinajstić information content (AvgIpc) is 2.82. The van der Waals surface area contributed by atoms with Crippen molar-refractivity contribution in [1.82, 2.24) is 4.57 Å². The summed E-state index contributed by atoms with van der Waals surface area (Å²) in [7, 11) is -6.54. The number of hydrogen-bond donors (Lipinski definition) is 0. The zero-order valence-corrected chi connectivity index (χ0v) is 13.3. The van der Waals surface area contributed by atoms with Gasteiger partial charge in [0.1, 0.15) is 12.4 Å². The summed E-state index contributed by atoms with van der Waals surface area (Å²) in [6, 6.07) is 0. The van der Waals surface area contributed by atoms with Crippen LogP contribution in [0.25, 0.3) is 0 Å². The lowest BCUT2D eigenvalue weighted by Crippen LogP contribution is -2.50. The number of aromatic nitrogens is 2. The van der Waals surface area contributed by atoms with Crippen molar-refractivity contribution < 1.29 is 57.9 Å². The number of halogens is 10. The van der Waals surface area contributed by atoms with Gasteiger partial charge in [0.05, 0.1) is 7.05 Å². The molecule has 26 heavy (non-hydrogen) atoms. The third kappa shape index (κ3) is 4.70. The molecule has 1 aromatic heterocycles. The van der Waals surface area contributed by atoms with E-state index >= 15 is 0 Å². The first kappa shape index (κ1) is 24.3. The Balaban J connectivity index is 0.000000577. The molecule has 0 atom stereocenters. The summed E-state index contributed by atoms with van der Waals surface area (Å²) >= 11 is 0. The largest absolute Gasteiger partial charge is 0.790 e. The highest BCUT2D eigenvalue weighted by atomic mass is 31.2. The van der Waals surface area contributed by atoms with Crippen molar-refractivity contribution >= 4 is 7.37 Å². The molecule has 0 aliphatic rings. The van der Waals surface area contributed by atoms with E-state index < -0.39 is 31.0 Å². The lowest BCUT2D eigenvalue weighted by Gasteiger charge is -2.38. The SMILES string of the molecule is C#CCn1cc[n+](C)c1.O=P([O-])(C(F)(F)C(F)(F)F)C(F)(F)C(F)(F)F. The first-order valence-corrected chi connectivity index (χ1v) is 7.60. The Morgan fingerprint density at radius 3 is 1.65 bits per heavy atom. The summed E-state index contributed by atoms with van der Waals surface area (Å²) in [5, 5.41) is 0. The molecule has 0 fully saturated rings. The zero-order valence-electron chi connectivity index (χ0n) is 12.5. The average molecular weight is 422 g/mol. The van der Waals surface area contributed by atoms with E-state index in [2.05, 4.69) is 5.92 Å². The molecule has 0 radical (unpaired) electrons. The van der Waals surface area contributed by atoms with Gasteiger partial charge in [-0.15, -0.1) is 6.42 Å². The second-order valence-electron chi connectivity index (χ2n) is 4.59. The smallest absolute Gasteiger partial charge is 0.459 e. The van der Waals surface area contributed by atoms with Crippen molar-refractivity contribution in [2.24, 2.45) is 7.05 Å². The second kappa shape index (κ2) is 7.48. The predicted octanol–water partition coefficient (Wildman–Crippen LogP) is 2.88. The van der Waals surface area contributed by atoms with Crippen LogP contribution in [0.3, 0.4) is 0 Å². The van der Waals surface area contributed by atoms with Crippen molar-refractivity contribution in [3.8, 4) is 12.3 Å². The van der Waals surface area contributed by atoms with Gasteiger partial charge in [-0.1, -0.05) is 5.92 Å². The monoisotopic (exact) mass is 422 g/mol. The Kier molecular flexibility index (Phi) is 6.98. The van der Waals surface area contributed by atoms with Gasteiger partial charge < -0.3 is 9.46 Å². The van der Waals surface area contributed by atoms with Crippen molar-refractivity contribution in [2.75, 3.05) is 0 Å². The minimum Gasteiger partial charge on any atom is -0.790 e. The standard InChI is InChI=1S/C7H9N2.C4HF10O2P/c1-3-4-9-6-5-8(2)7-9;5-1(6,7)3(11,12)17(15,16)4(13,14)2(8,9)10/h1,5-7H,4H2,2H3;(H,15,16)/q+1;/p-1. The van der Waals surface area contributed by atoms with Crippen molar-refractivity contribution in [3.63, 3.8) is 0 Å². The van der Waals surface area contributed by atoms with Crippen LogP contribution < -0.4 is 9.46 Å². The molecule has 0 unspecified atom stereocenters. The lowest BCUT2D eigenvalue weighted by atomic mass is 10.6. The molecule has 0 aliphatic carbocycles. The van der Waals surface area contributed by atoms with Crippen LogP contribution in [0.1, 0.15) is 0 Å². The third-order valence-corrected chi connectivity index (χ3v) is 4.51. The molecule has 1 rings (SSSR count). The van der Waals surface area contributed by atoms with Crippen LogP contribution in [0.5, 0.6) is 0 Å². The van der Waals surface area contributed by atoms with E-state index in [1.54, 1.807) is 0 Å². The molecule has 4 nitrogen and oxygen atoms in total. The van der Waals surface area contributed by atoms with Crippen LogP contribution in [0.2, 0.25) is 0 Å². The first-order valence-electron chi connectivity index (χ1n) is 5.97. The van der Waals surface area contributed by atoms with Gasteiger partial charge in [-0.05, 0) is 0 Å². The minimum atomic E-state index is -8.51. The molecule has 0 N–H and O–H groups in total. The molecule has 150 valence electrons. The van der Waals surface area contributed by atoms with E-state index in [1.165, 1.54) is 0 Å². The lowest BCUT2D eigenvalue weighted by molar-refractivity contribution is -0.671. The molecule has 0 saturated carbocycles. The van der Waals surface area contributed by atoms with Gasteiger partial charge in [-0.2, -0.15) is 43.9 Å². The Labute approximate surface area is 139 Å². The maximum Gasteiger partial charge on any atom is 0.459 e. The molecule has 0 saturated heterocycles. The molecular weight excluding hydrogens is 413 g/mol. The molecule has 0 bridgehead atoms. The van der Waals surface area contributed by atoms with E-state index in [4.69, 9.17) is 6.42 Å². The number of alkyl halides is 10. The van der Waals surface area contributed by atoms with Crippen LogP contribution >= 0.6 is 7.37 Å². The van der Waals surface area contributed by atoms with Gasteiger partial charge in [-0.3, -0.25) is 0 Å². The van der Waals surface area contributed by atoms with Crippen LogP contribution in [0, 0.1) is 12.3 Å². The minimum absolute atomic E-state index is 0.654. The summed E-state index contributed by atoms with van der Waals surface area (Å²) < 4.78 is 131. The Morgan fingerprint density at radius 2 is 1.42 bits per heavy atom. The topological polar surface area (TPSA) is 48.9 Å². The van der Waals surface area contributed by atoms with Crippen molar-refractivity contribution in [2.45, 2.75) is 30.2 Å². The quantitative estimate of drug-likeness (QED) is 0.326.